The van der Waals surface area contributed by atoms with Gasteiger partial charge in [0.05, 0.1) is 5.52 Å². The van der Waals surface area contributed by atoms with Crippen LogP contribution in [0.4, 0.5) is 11.4 Å². The summed E-state index contributed by atoms with van der Waals surface area (Å²) in [5, 5.41) is 4.80. The van der Waals surface area contributed by atoms with Gasteiger partial charge in [-0.05, 0) is 48.7 Å². The van der Waals surface area contributed by atoms with Gasteiger partial charge in [-0.3, -0.25) is 4.98 Å². The molecule has 0 saturated carbocycles. The number of anilines is 2. The lowest BCUT2D eigenvalue weighted by Gasteiger charge is -2.22. The monoisotopic (exact) mass is 393 g/mol. The number of hydrogen-bond donors (Lipinski definition) is 1. The Balaban J connectivity index is 1.42. The highest BCUT2D eigenvalue weighted by Crippen LogP contribution is 2.35. The van der Waals surface area contributed by atoms with Crippen molar-refractivity contribution in [1.82, 2.24) is 4.98 Å². The Hall–Kier alpha value is -3.33. The van der Waals surface area contributed by atoms with Crippen molar-refractivity contribution in [3.05, 3.63) is 102 Å². The van der Waals surface area contributed by atoms with E-state index in [0.29, 0.717) is 5.92 Å². The van der Waals surface area contributed by atoms with Crippen LogP contribution in [0, 0.1) is 6.92 Å². The standard InChI is InChI=1S/C27H27N3/c1-20-16-27(30-15-14-23(19-30)22-10-6-3-7-11-22)25-17-24(12-13-26(25)29-20)28-18-21-8-4-2-5-9-21/h2-13,16-17,23,28H,14-15,18-19H2,1H3/t23-/m0/s1. The summed E-state index contributed by atoms with van der Waals surface area (Å²) >= 11 is 0. The van der Waals surface area contributed by atoms with Crippen molar-refractivity contribution in [2.45, 2.75) is 25.8 Å². The fraction of sp³-hybridized carbons (Fsp3) is 0.222. The molecule has 5 rings (SSSR count). The molecule has 2 heterocycles. The second-order valence-electron chi connectivity index (χ2n) is 8.20. The van der Waals surface area contributed by atoms with Crippen molar-refractivity contribution in [2.24, 2.45) is 0 Å². The Kier molecular flexibility index (Phi) is 5.10. The molecule has 0 bridgehead atoms. The molecule has 0 radical (unpaired) electrons. The molecular formula is C27H27N3. The van der Waals surface area contributed by atoms with E-state index in [1.807, 2.05) is 0 Å². The number of rotatable bonds is 5. The van der Waals surface area contributed by atoms with E-state index in [4.69, 9.17) is 4.98 Å². The van der Waals surface area contributed by atoms with Gasteiger partial charge in [0.1, 0.15) is 0 Å². The SMILES string of the molecule is Cc1cc(N2CC[C@H](c3ccccc3)C2)c2cc(NCc3ccccc3)ccc2n1. The molecule has 30 heavy (non-hydrogen) atoms. The quantitative estimate of drug-likeness (QED) is 0.441. The third kappa shape index (κ3) is 3.88. The molecule has 3 nitrogen and oxygen atoms in total. The first-order chi connectivity index (χ1) is 14.8. The molecule has 1 aliphatic heterocycles. The second-order valence-corrected chi connectivity index (χ2v) is 8.20. The normalized spacial score (nSPS) is 16.2. The topological polar surface area (TPSA) is 28.2 Å². The predicted molar refractivity (Wildman–Crippen MR) is 126 cm³/mol. The molecule has 0 spiro atoms. The van der Waals surface area contributed by atoms with Gasteiger partial charge in [-0.2, -0.15) is 0 Å². The zero-order valence-corrected chi connectivity index (χ0v) is 17.4. The summed E-state index contributed by atoms with van der Waals surface area (Å²) in [6, 6.07) is 30.2. The van der Waals surface area contributed by atoms with Crippen LogP contribution in [-0.2, 0) is 6.54 Å². The van der Waals surface area contributed by atoms with Gasteiger partial charge in [0.25, 0.3) is 0 Å². The Morgan fingerprint density at radius 3 is 2.50 bits per heavy atom. The minimum Gasteiger partial charge on any atom is -0.381 e. The van der Waals surface area contributed by atoms with Crippen LogP contribution in [0.15, 0.2) is 84.9 Å². The summed E-state index contributed by atoms with van der Waals surface area (Å²) in [5.41, 5.74) is 7.31. The first-order valence-electron chi connectivity index (χ1n) is 10.8. The number of benzene rings is 3. The molecule has 0 amide bonds. The number of fused-ring (bicyclic) bond motifs is 1. The van der Waals surface area contributed by atoms with Crippen LogP contribution < -0.4 is 10.2 Å². The van der Waals surface area contributed by atoms with Gasteiger partial charge < -0.3 is 10.2 Å². The molecule has 3 aromatic carbocycles. The Morgan fingerprint density at radius 1 is 0.933 bits per heavy atom. The Labute approximate surface area is 178 Å². The average molecular weight is 394 g/mol. The third-order valence-electron chi connectivity index (χ3n) is 6.05. The number of aromatic nitrogens is 1. The van der Waals surface area contributed by atoms with Crippen molar-refractivity contribution in [2.75, 3.05) is 23.3 Å². The fourth-order valence-corrected chi connectivity index (χ4v) is 4.48. The lowest BCUT2D eigenvalue weighted by atomic mass is 9.99. The highest BCUT2D eigenvalue weighted by Gasteiger charge is 2.25. The largest absolute Gasteiger partial charge is 0.381 e. The van der Waals surface area contributed by atoms with Gasteiger partial charge in [-0.25, -0.2) is 0 Å². The van der Waals surface area contributed by atoms with Crippen LogP contribution in [0.3, 0.4) is 0 Å². The molecular weight excluding hydrogens is 366 g/mol. The molecule has 1 saturated heterocycles. The van der Waals surface area contributed by atoms with Crippen LogP contribution in [0.1, 0.15) is 29.2 Å². The van der Waals surface area contributed by atoms with Crippen LogP contribution in [0.2, 0.25) is 0 Å². The molecule has 1 atom stereocenters. The van der Waals surface area contributed by atoms with Crippen molar-refractivity contribution in [3.63, 3.8) is 0 Å². The van der Waals surface area contributed by atoms with Gasteiger partial charge in [0, 0.05) is 48.0 Å². The number of aryl methyl sites for hydroxylation is 1. The van der Waals surface area contributed by atoms with Crippen molar-refractivity contribution < 1.29 is 0 Å². The summed E-state index contributed by atoms with van der Waals surface area (Å²) in [5.74, 6) is 0.592. The first kappa shape index (κ1) is 18.7. The Bertz CT molecular complexity index is 1140. The molecule has 3 heteroatoms. The van der Waals surface area contributed by atoms with Crippen LogP contribution in [0.5, 0.6) is 0 Å². The number of nitrogens with one attached hydrogen (secondary N) is 1. The lowest BCUT2D eigenvalue weighted by molar-refractivity contribution is 0.775. The highest BCUT2D eigenvalue weighted by molar-refractivity contribution is 5.94. The fourth-order valence-electron chi connectivity index (χ4n) is 4.48. The smallest absolute Gasteiger partial charge is 0.0727 e. The van der Waals surface area contributed by atoms with E-state index < -0.39 is 0 Å². The lowest BCUT2D eigenvalue weighted by Crippen LogP contribution is -2.20. The van der Waals surface area contributed by atoms with E-state index in [1.165, 1.54) is 28.6 Å². The molecule has 1 fully saturated rings. The van der Waals surface area contributed by atoms with E-state index in [9.17, 15) is 0 Å². The predicted octanol–water partition coefficient (Wildman–Crippen LogP) is 6.15. The zero-order chi connectivity index (χ0) is 20.3. The second kappa shape index (κ2) is 8.19. The van der Waals surface area contributed by atoms with Crippen LogP contribution in [0.25, 0.3) is 10.9 Å². The molecule has 1 aliphatic rings. The maximum atomic E-state index is 4.79. The number of pyridine rings is 1. The van der Waals surface area contributed by atoms with Crippen molar-refractivity contribution in [3.8, 4) is 0 Å². The molecule has 1 aromatic heterocycles. The summed E-state index contributed by atoms with van der Waals surface area (Å²) < 4.78 is 0. The number of nitrogens with zero attached hydrogens (tertiary/aromatic N) is 2. The first-order valence-corrected chi connectivity index (χ1v) is 10.8. The summed E-state index contributed by atoms with van der Waals surface area (Å²) in [4.78, 5) is 7.33. The van der Waals surface area contributed by atoms with E-state index in [-0.39, 0.29) is 0 Å². The maximum absolute atomic E-state index is 4.79. The maximum Gasteiger partial charge on any atom is 0.0727 e. The van der Waals surface area contributed by atoms with E-state index in [2.05, 4.69) is 102 Å². The minimum absolute atomic E-state index is 0.592. The van der Waals surface area contributed by atoms with E-state index >= 15 is 0 Å². The molecule has 150 valence electrons. The highest BCUT2D eigenvalue weighted by atomic mass is 15.2. The van der Waals surface area contributed by atoms with Gasteiger partial charge in [0.2, 0.25) is 0 Å². The van der Waals surface area contributed by atoms with E-state index in [0.717, 1.165) is 36.5 Å². The van der Waals surface area contributed by atoms with Gasteiger partial charge >= 0.3 is 0 Å². The van der Waals surface area contributed by atoms with Crippen LogP contribution in [-0.4, -0.2) is 18.1 Å². The molecule has 1 N–H and O–H groups in total. The zero-order valence-electron chi connectivity index (χ0n) is 17.4. The van der Waals surface area contributed by atoms with Crippen molar-refractivity contribution in [1.29, 1.82) is 0 Å². The average Bonchev–Trinajstić information content (AvgIpc) is 3.29. The molecule has 0 aliphatic carbocycles. The van der Waals surface area contributed by atoms with Crippen molar-refractivity contribution >= 4 is 22.3 Å². The minimum atomic E-state index is 0.592. The van der Waals surface area contributed by atoms with Crippen LogP contribution >= 0.6 is 0 Å². The summed E-state index contributed by atoms with van der Waals surface area (Å²) in [6.07, 6.45) is 1.19. The number of hydrogen-bond acceptors (Lipinski definition) is 3. The Morgan fingerprint density at radius 2 is 1.70 bits per heavy atom. The summed E-state index contributed by atoms with van der Waals surface area (Å²) in [7, 11) is 0. The summed E-state index contributed by atoms with van der Waals surface area (Å²) in [6.45, 7) is 5.06. The van der Waals surface area contributed by atoms with Gasteiger partial charge in [-0.1, -0.05) is 60.7 Å². The third-order valence-corrected chi connectivity index (χ3v) is 6.05. The van der Waals surface area contributed by atoms with E-state index in [1.54, 1.807) is 0 Å². The van der Waals surface area contributed by atoms with Gasteiger partial charge in [-0.15, -0.1) is 0 Å². The molecule has 4 aromatic rings. The van der Waals surface area contributed by atoms with Gasteiger partial charge in [0.15, 0.2) is 0 Å². The molecule has 0 unspecified atom stereocenters.